The summed E-state index contributed by atoms with van der Waals surface area (Å²) in [4.78, 5) is 23.1. The van der Waals surface area contributed by atoms with E-state index >= 15 is 0 Å². The number of hydrogen-bond donors (Lipinski definition) is 3. The SMILES string of the molecule is O=C1C[C@H](c2cc(F)cc(Cl)c2)c2cc(C(=O)O)c(O)cc2N1. The number of halogens is 2. The Kier molecular flexibility index (Phi) is 3.69. The monoisotopic (exact) mass is 335 g/mol. The fraction of sp³-hybridized carbons (Fsp3) is 0.125. The molecule has 23 heavy (non-hydrogen) atoms. The number of hydrogen-bond acceptors (Lipinski definition) is 3. The van der Waals surface area contributed by atoms with Crippen molar-refractivity contribution < 1.29 is 24.2 Å². The predicted molar refractivity (Wildman–Crippen MR) is 81.6 cm³/mol. The number of phenols is 1. The van der Waals surface area contributed by atoms with Gasteiger partial charge in [0, 0.05) is 29.1 Å². The van der Waals surface area contributed by atoms with Gasteiger partial charge in [-0.25, -0.2) is 9.18 Å². The lowest BCUT2D eigenvalue weighted by atomic mass is 9.84. The van der Waals surface area contributed by atoms with E-state index < -0.39 is 23.5 Å². The Morgan fingerprint density at radius 2 is 2.00 bits per heavy atom. The average Bonchev–Trinajstić information content (AvgIpc) is 2.44. The zero-order valence-electron chi connectivity index (χ0n) is 11.6. The molecule has 1 heterocycles. The number of fused-ring (bicyclic) bond motifs is 1. The number of nitrogens with one attached hydrogen (secondary N) is 1. The number of benzene rings is 2. The van der Waals surface area contributed by atoms with Gasteiger partial charge in [0.1, 0.15) is 17.1 Å². The Labute approximate surface area is 135 Å². The Morgan fingerprint density at radius 1 is 1.26 bits per heavy atom. The van der Waals surface area contributed by atoms with Crippen molar-refractivity contribution >= 4 is 29.2 Å². The molecule has 1 atom stereocenters. The molecule has 1 aliphatic heterocycles. The number of anilines is 1. The number of carboxylic acids is 1. The first-order valence-electron chi connectivity index (χ1n) is 6.71. The third-order valence-electron chi connectivity index (χ3n) is 3.72. The molecule has 118 valence electrons. The maximum absolute atomic E-state index is 13.6. The number of aromatic hydroxyl groups is 1. The third kappa shape index (κ3) is 2.85. The number of carbonyl (C=O) groups excluding carboxylic acids is 1. The van der Waals surface area contributed by atoms with Crippen molar-refractivity contribution in [2.75, 3.05) is 5.32 Å². The second-order valence-electron chi connectivity index (χ2n) is 5.27. The zero-order valence-corrected chi connectivity index (χ0v) is 12.4. The lowest BCUT2D eigenvalue weighted by molar-refractivity contribution is -0.116. The van der Waals surface area contributed by atoms with Crippen LogP contribution >= 0.6 is 11.6 Å². The second-order valence-corrected chi connectivity index (χ2v) is 5.71. The molecule has 2 aromatic carbocycles. The minimum absolute atomic E-state index is 0.0244. The molecule has 2 aromatic rings. The molecule has 0 radical (unpaired) electrons. The van der Waals surface area contributed by atoms with Crippen LogP contribution in [0, 0.1) is 5.82 Å². The number of carbonyl (C=O) groups is 2. The van der Waals surface area contributed by atoms with Gasteiger partial charge in [-0.3, -0.25) is 4.79 Å². The first-order valence-corrected chi connectivity index (χ1v) is 7.09. The average molecular weight is 336 g/mol. The number of carboxylic acid groups (broad SMARTS) is 1. The van der Waals surface area contributed by atoms with E-state index in [0.29, 0.717) is 16.8 Å². The van der Waals surface area contributed by atoms with Crippen LogP contribution in [-0.2, 0) is 4.79 Å². The van der Waals surface area contributed by atoms with Crippen LogP contribution in [-0.4, -0.2) is 22.1 Å². The van der Waals surface area contributed by atoms with Crippen molar-refractivity contribution in [3.63, 3.8) is 0 Å². The third-order valence-corrected chi connectivity index (χ3v) is 3.94. The van der Waals surface area contributed by atoms with Crippen LogP contribution in [0.15, 0.2) is 30.3 Å². The van der Waals surface area contributed by atoms with E-state index in [1.165, 1.54) is 24.3 Å². The minimum atomic E-state index is -1.29. The highest BCUT2D eigenvalue weighted by Crippen LogP contribution is 2.40. The highest BCUT2D eigenvalue weighted by atomic mass is 35.5. The van der Waals surface area contributed by atoms with E-state index in [2.05, 4.69) is 5.32 Å². The van der Waals surface area contributed by atoms with Crippen LogP contribution in [0.1, 0.15) is 33.8 Å². The van der Waals surface area contributed by atoms with Gasteiger partial charge in [0.25, 0.3) is 0 Å². The highest BCUT2D eigenvalue weighted by molar-refractivity contribution is 6.30. The van der Waals surface area contributed by atoms with Gasteiger partial charge in [-0.2, -0.15) is 0 Å². The summed E-state index contributed by atoms with van der Waals surface area (Å²) in [7, 11) is 0. The smallest absolute Gasteiger partial charge is 0.339 e. The largest absolute Gasteiger partial charge is 0.507 e. The molecule has 7 heteroatoms. The summed E-state index contributed by atoms with van der Waals surface area (Å²) in [5.74, 6) is -3.15. The topological polar surface area (TPSA) is 86.6 Å². The molecule has 0 bridgehead atoms. The molecule has 0 aromatic heterocycles. The lowest BCUT2D eigenvalue weighted by Crippen LogP contribution is -2.24. The molecule has 5 nitrogen and oxygen atoms in total. The normalized spacial score (nSPS) is 16.6. The van der Waals surface area contributed by atoms with Gasteiger partial charge in [-0.15, -0.1) is 0 Å². The van der Waals surface area contributed by atoms with Gasteiger partial charge in [0.15, 0.2) is 0 Å². The van der Waals surface area contributed by atoms with Gasteiger partial charge >= 0.3 is 5.97 Å². The molecule has 0 saturated heterocycles. The van der Waals surface area contributed by atoms with Crippen molar-refractivity contribution in [3.8, 4) is 5.75 Å². The van der Waals surface area contributed by atoms with Crippen molar-refractivity contribution in [1.82, 2.24) is 0 Å². The first-order chi connectivity index (χ1) is 10.8. The van der Waals surface area contributed by atoms with E-state index in [0.717, 1.165) is 6.07 Å². The van der Waals surface area contributed by atoms with E-state index in [1.54, 1.807) is 0 Å². The lowest BCUT2D eigenvalue weighted by Gasteiger charge is -2.27. The maximum Gasteiger partial charge on any atom is 0.339 e. The summed E-state index contributed by atoms with van der Waals surface area (Å²) >= 11 is 5.87. The fourth-order valence-electron chi connectivity index (χ4n) is 2.74. The number of aromatic carboxylic acids is 1. The van der Waals surface area contributed by atoms with Crippen LogP contribution in [0.2, 0.25) is 5.02 Å². The zero-order chi connectivity index (χ0) is 16.7. The quantitative estimate of drug-likeness (QED) is 0.785. The number of amides is 1. The van der Waals surface area contributed by atoms with Crippen LogP contribution < -0.4 is 5.32 Å². The van der Waals surface area contributed by atoms with Gasteiger partial charge in [0.2, 0.25) is 5.91 Å². The van der Waals surface area contributed by atoms with Crippen LogP contribution in [0.5, 0.6) is 5.75 Å². The molecular weight excluding hydrogens is 325 g/mol. The van der Waals surface area contributed by atoms with Crippen molar-refractivity contribution in [3.05, 3.63) is 57.9 Å². The van der Waals surface area contributed by atoms with Crippen LogP contribution in [0.4, 0.5) is 10.1 Å². The van der Waals surface area contributed by atoms with E-state index in [-0.39, 0.29) is 22.9 Å². The summed E-state index contributed by atoms with van der Waals surface area (Å²) in [6.07, 6.45) is 0.0244. The molecule has 1 aliphatic rings. The fourth-order valence-corrected chi connectivity index (χ4v) is 2.97. The predicted octanol–water partition coefficient (Wildman–Crippen LogP) is 3.36. The molecule has 0 aliphatic carbocycles. The summed E-state index contributed by atoms with van der Waals surface area (Å²) in [6, 6.07) is 6.41. The van der Waals surface area contributed by atoms with Crippen LogP contribution in [0.25, 0.3) is 0 Å². The van der Waals surface area contributed by atoms with Crippen LogP contribution in [0.3, 0.4) is 0 Å². The Balaban J connectivity index is 2.19. The van der Waals surface area contributed by atoms with E-state index in [9.17, 15) is 19.1 Å². The summed E-state index contributed by atoms with van der Waals surface area (Å²) in [5.41, 5.74) is 0.969. The van der Waals surface area contributed by atoms with Crippen molar-refractivity contribution in [1.29, 1.82) is 0 Å². The van der Waals surface area contributed by atoms with Gasteiger partial charge in [-0.05, 0) is 35.4 Å². The first kappa shape index (κ1) is 15.3. The van der Waals surface area contributed by atoms with Crippen molar-refractivity contribution in [2.24, 2.45) is 0 Å². The highest BCUT2D eigenvalue weighted by Gasteiger charge is 2.29. The molecule has 0 fully saturated rings. The van der Waals surface area contributed by atoms with Crippen molar-refractivity contribution in [2.45, 2.75) is 12.3 Å². The van der Waals surface area contributed by atoms with Gasteiger partial charge < -0.3 is 15.5 Å². The molecule has 0 spiro atoms. The summed E-state index contributed by atoms with van der Waals surface area (Å²) < 4.78 is 13.6. The molecule has 3 rings (SSSR count). The standard InChI is InChI=1S/C16H11ClFNO4/c17-8-1-7(2-9(18)3-8)10-5-15(21)19-13-6-14(20)12(16(22)23)4-11(10)13/h1-4,6,10,20H,5H2,(H,19,21)(H,22,23)/t10-/m1/s1. The Hall–Kier alpha value is -2.60. The molecular formula is C16H11ClFNO4. The maximum atomic E-state index is 13.6. The number of rotatable bonds is 2. The second kappa shape index (κ2) is 5.55. The molecule has 3 N–H and O–H groups in total. The molecule has 0 saturated carbocycles. The minimum Gasteiger partial charge on any atom is -0.507 e. The summed E-state index contributed by atoms with van der Waals surface area (Å²) in [6.45, 7) is 0. The van der Waals surface area contributed by atoms with E-state index in [1.807, 2.05) is 0 Å². The van der Waals surface area contributed by atoms with Gasteiger partial charge in [0.05, 0.1) is 0 Å². The van der Waals surface area contributed by atoms with Gasteiger partial charge in [-0.1, -0.05) is 11.6 Å². The Morgan fingerprint density at radius 3 is 2.65 bits per heavy atom. The molecule has 0 unspecified atom stereocenters. The van der Waals surface area contributed by atoms with E-state index in [4.69, 9.17) is 16.7 Å². The Bertz CT molecular complexity index is 817. The summed E-state index contributed by atoms with van der Waals surface area (Å²) in [5, 5.41) is 21.7. The molecule has 1 amide bonds.